The van der Waals surface area contributed by atoms with Gasteiger partial charge < -0.3 is 14.3 Å². The van der Waals surface area contributed by atoms with Crippen molar-refractivity contribution in [2.75, 3.05) is 12.5 Å². The van der Waals surface area contributed by atoms with Gasteiger partial charge in [-0.25, -0.2) is 4.98 Å². The maximum atomic E-state index is 9.94. The topological polar surface area (TPSA) is 79.9 Å². The van der Waals surface area contributed by atoms with E-state index in [0.717, 1.165) is 10.9 Å². The van der Waals surface area contributed by atoms with Gasteiger partial charge in [-0.05, 0) is 48.5 Å². The van der Waals surface area contributed by atoms with Gasteiger partial charge in [0.15, 0.2) is 17.1 Å². The Morgan fingerprint density at radius 1 is 1.00 bits per heavy atom. The molecule has 5 aromatic rings. The minimum absolute atomic E-state index is 0.0285. The van der Waals surface area contributed by atoms with Crippen molar-refractivity contribution in [2.24, 2.45) is 5.10 Å². The summed E-state index contributed by atoms with van der Waals surface area (Å²) in [6.45, 7) is 0. The lowest BCUT2D eigenvalue weighted by Gasteiger charge is -2.09. The predicted octanol–water partition coefficient (Wildman–Crippen LogP) is 6.60. The number of phenols is 1. The first-order chi connectivity index (χ1) is 16.0. The van der Waals surface area contributed by atoms with E-state index in [9.17, 15) is 5.11 Å². The fourth-order valence-corrected chi connectivity index (χ4v) is 4.04. The van der Waals surface area contributed by atoms with Crippen LogP contribution in [0.3, 0.4) is 0 Å². The Kier molecular flexibility index (Phi) is 5.54. The van der Waals surface area contributed by atoms with Crippen molar-refractivity contribution in [3.05, 3.63) is 88.2 Å². The standard InChI is InChI=1S/C25H17Cl2N3O3/c1-32-23-10-15(6-8-21(23)31)22-13-20(17-11-16(26)12-18(27)25(17)33-22)29-30-24-9-7-14-4-2-3-5-19(14)28-24/h2-13,31H,1H3,(H,28,30). The number of para-hydroxylation sites is 1. The predicted molar refractivity (Wildman–Crippen MR) is 131 cm³/mol. The Hall–Kier alpha value is -3.74. The van der Waals surface area contributed by atoms with E-state index in [2.05, 4.69) is 15.5 Å². The molecular weight excluding hydrogens is 461 g/mol. The number of methoxy groups -OCH3 is 1. The third kappa shape index (κ3) is 4.18. The van der Waals surface area contributed by atoms with Crippen molar-refractivity contribution >= 4 is 50.9 Å². The number of halogens is 2. The van der Waals surface area contributed by atoms with Gasteiger partial charge in [-0.3, -0.25) is 5.43 Å². The van der Waals surface area contributed by atoms with E-state index in [1.165, 1.54) is 13.2 Å². The van der Waals surface area contributed by atoms with Gasteiger partial charge in [-0.2, -0.15) is 5.10 Å². The Morgan fingerprint density at radius 3 is 2.70 bits per heavy atom. The van der Waals surface area contributed by atoms with Crippen LogP contribution in [-0.4, -0.2) is 17.2 Å². The minimum Gasteiger partial charge on any atom is -0.504 e. The van der Waals surface area contributed by atoms with Crippen LogP contribution < -0.4 is 15.5 Å². The molecule has 0 unspecified atom stereocenters. The van der Waals surface area contributed by atoms with Crippen LogP contribution in [-0.2, 0) is 0 Å². The molecule has 6 nitrogen and oxygen atoms in total. The van der Waals surface area contributed by atoms with Gasteiger partial charge in [0.1, 0.15) is 11.6 Å². The second-order valence-electron chi connectivity index (χ2n) is 7.26. The molecule has 0 radical (unpaired) electrons. The maximum Gasteiger partial charge on any atom is 0.161 e. The highest BCUT2D eigenvalue weighted by Gasteiger charge is 2.12. The molecule has 2 heterocycles. The second-order valence-corrected chi connectivity index (χ2v) is 8.10. The number of ether oxygens (including phenoxy) is 1. The molecule has 5 rings (SSSR count). The summed E-state index contributed by atoms with van der Waals surface area (Å²) in [4.78, 5) is 4.59. The van der Waals surface area contributed by atoms with Gasteiger partial charge in [0.05, 0.1) is 23.0 Å². The second kappa shape index (κ2) is 8.65. The number of phenolic OH excluding ortho intramolecular Hbond substituents is 1. The normalized spacial score (nSPS) is 11.8. The highest BCUT2D eigenvalue weighted by atomic mass is 35.5. The Bertz CT molecular complexity index is 1580. The summed E-state index contributed by atoms with van der Waals surface area (Å²) in [7, 11) is 1.48. The Morgan fingerprint density at radius 2 is 1.85 bits per heavy atom. The molecule has 2 N–H and O–H groups in total. The number of nitrogens with zero attached hydrogens (tertiary/aromatic N) is 2. The van der Waals surface area contributed by atoms with E-state index < -0.39 is 0 Å². The summed E-state index contributed by atoms with van der Waals surface area (Å²) in [5, 5.41) is 17.5. The van der Waals surface area contributed by atoms with Gasteiger partial charge in [0.2, 0.25) is 0 Å². The lowest BCUT2D eigenvalue weighted by Crippen LogP contribution is -2.08. The van der Waals surface area contributed by atoms with Crippen molar-refractivity contribution in [1.82, 2.24) is 4.98 Å². The first kappa shape index (κ1) is 21.1. The highest BCUT2D eigenvalue weighted by Crippen LogP contribution is 2.34. The summed E-state index contributed by atoms with van der Waals surface area (Å²) >= 11 is 12.7. The Labute approximate surface area is 198 Å². The number of fused-ring (bicyclic) bond motifs is 2. The van der Waals surface area contributed by atoms with E-state index in [0.29, 0.717) is 49.3 Å². The average molecular weight is 478 g/mol. The molecule has 0 spiro atoms. The van der Waals surface area contributed by atoms with Crippen molar-refractivity contribution in [1.29, 1.82) is 0 Å². The first-order valence-corrected chi connectivity index (χ1v) is 10.7. The van der Waals surface area contributed by atoms with Crippen LogP contribution in [0.4, 0.5) is 5.82 Å². The molecule has 164 valence electrons. The van der Waals surface area contributed by atoms with Crippen LogP contribution in [0.1, 0.15) is 0 Å². The number of anilines is 1. The molecule has 8 heteroatoms. The van der Waals surface area contributed by atoms with E-state index in [1.54, 1.807) is 30.3 Å². The maximum absolute atomic E-state index is 9.94. The molecule has 0 bridgehead atoms. The number of pyridine rings is 1. The molecule has 0 saturated carbocycles. The third-order valence-electron chi connectivity index (χ3n) is 5.12. The molecule has 0 amide bonds. The number of hydrogen-bond donors (Lipinski definition) is 2. The third-order valence-corrected chi connectivity index (χ3v) is 5.62. The van der Waals surface area contributed by atoms with E-state index in [4.69, 9.17) is 32.4 Å². The van der Waals surface area contributed by atoms with Crippen molar-refractivity contribution in [3.63, 3.8) is 0 Å². The number of aromatic nitrogens is 1. The van der Waals surface area contributed by atoms with Gasteiger partial charge in [-0.15, -0.1) is 0 Å². The van der Waals surface area contributed by atoms with E-state index >= 15 is 0 Å². The van der Waals surface area contributed by atoms with Crippen molar-refractivity contribution in [3.8, 4) is 22.8 Å². The molecule has 0 saturated heterocycles. The highest BCUT2D eigenvalue weighted by molar-refractivity contribution is 6.38. The molecule has 0 aliphatic heterocycles. The molecule has 2 aromatic heterocycles. The minimum atomic E-state index is 0.0285. The fraction of sp³-hybridized carbons (Fsp3) is 0.0400. The van der Waals surface area contributed by atoms with Crippen LogP contribution in [0.25, 0.3) is 33.2 Å². The zero-order valence-electron chi connectivity index (χ0n) is 17.3. The largest absolute Gasteiger partial charge is 0.504 e. The number of hydrogen-bond acceptors (Lipinski definition) is 6. The van der Waals surface area contributed by atoms with Crippen LogP contribution >= 0.6 is 23.2 Å². The van der Waals surface area contributed by atoms with Crippen molar-refractivity contribution < 1.29 is 14.3 Å². The number of aromatic hydroxyl groups is 1. The number of rotatable bonds is 4. The zero-order chi connectivity index (χ0) is 22.9. The fourth-order valence-electron chi connectivity index (χ4n) is 3.51. The molecule has 0 aliphatic rings. The smallest absolute Gasteiger partial charge is 0.161 e. The molecule has 0 atom stereocenters. The molecule has 0 fully saturated rings. The van der Waals surface area contributed by atoms with Crippen LogP contribution in [0.15, 0.2) is 82.3 Å². The zero-order valence-corrected chi connectivity index (χ0v) is 18.9. The lowest BCUT2D eigenvalue weighted by molar-refractivity contribution is 0.373. The summed E-state index contributed by atoms with van der Waals surface area (Å²) in [5.74, 6) is 1.42. The first-order valence-electron chi connectivity index (χ1n) is 9.97. The van der Waals surface area contributed by atoms with Gasteiger partial charge in [0, 0.05) is 27.4 Å². The van der Waals surface area contributed by atoms with Gasteiger partial charge in [0.25, 0.3) is 0 Å². The van der Waals surface area contributed by atoms with Gasteiger partial charge >= 0.3 is 0 Å². The molecule has 3 aromatic carbocycles. The number of benzene rings is 3. The van der Waals surface area contributed by atoms with Gasteiger partial charge in [-0.1, -0.05) is 41.4 Å². The molecule has 0 aliphatic carbocycles. The summed E-state index contributed by atoms with van der Waals surface area (Å²) in [6.07, 6.45) is 0. The van der Waals surface area contributed by atoms with E-state index in [-0.39, 0.29) is 5.75 Å². The Balaban J connectivity index is 1.67. The lowest BCUT2D eigenvalue weighted by atomic mass is 10.1. The SMILES string of the molecule is COc1cc(-c2cc(=NNc3ccc4ccccc4n3)c3cc(Cl)cc(Cl)c3o2)ccc1O. The van der Waals surface area contributed by atoms with E-state index in [1.807, 2.05) is 36.4 Å². The van der Waals surface area contributed by atoms with Crippen molar-refractivity contribution in [2.45, 2.75) is 0 Å². The van der Waals surface area contributed by atoms with Crippen LogP contribution in [0, 0.1) is 0 Å². The quantitative estimate of drug-likeness (QED) is 0.285. The molecular formula is C25H17Cl2N3O3. The summed E-state index contributed by atoms with van der Waals surface area (Å²) in [5.41, 5.74) is 4.98. The average Bonchev–Trinajstić information content (AvgIpc) is 2.83. The number of nitrogens with one attached hydrogen (secondary N) is 1. The summed E-state index contributed by atoms with van der Waals surface area (Å²) < 4.78 is 11.3. The monoisotopic (exact) mass is 477 g/mol. The van der Waals surface area contributed by atoms with Crippen LogP contribution in [0.5, 0.6) is 11.5 Å². The summed E-state index contributed by atoms with van der Waals surface area (Å²) in [6, 6.07) is 21.7. The molecule has 33 heavy (non-hydrogen) atoms. The van der Waals surface area contributed by atoms with Crippen LogP contribution in [0.2, 0.25) is 10.0 Å².